The number of nitrogens with zero attached hydrogens (tertiary/aromatic N) is 3. The predicted octanol–water partition coefficient (Wildman–Crippen LogP) is 2.52. The van der Waals surface area contributed by atoms with Crippen LogP contribution in [0.15, 0.2) is 47.7 Å². The van der Waals surface area contributed by atoms with Gasteiger partial charge in [0.25, 0.3) is 0 Å². The highest BCUT2D eigenvalue weighted by Crippen LogP contribution is 2.48. The van der Waals surface area contributed by atoms with Crippen molar-refractivity contribution in [2.75, 3.05) is 0 Å². The average molecular weight is 525 g/mol. The predicted molar refractivity (Wildman–Crippen MR) is 137 cm³/mol. The highest BCUT2D eigenvalue weighted by Gasteiger charge is 2.55. The van der Waals surface area contributed by atoms with Gasteiger partial charge in [-0.15, -0.1) is 0 Å². The smallest absolute Gasteiger partial charge is 0.243 e. The number of piperidine rings is 1. The zero-order chi connectivity index (χ0) is 26.4. The average Bonchev–Trinajstić information content (AvgIpc) is 3.39. The summed E-state index contributed by atoms with van der Waals surface area (Å²) in [5.74, 6) is 4.42. The Balaban J connectivity index is 1.37. The zero-order valence-corrected chi connectivity index (χ0v) is 20.8. The molecule has 3 aromatic rings. The zero-order valence-electron chi connectivity index (χ0n) is 20.1. The van der Waals surface area contributed by atoms with Gasteiger partial charge in [-0.05, 0) is 37.8 Å². The number of carbonyl (C=O) groups is 3. The molecule has 2 aliphatic rings. The number of hydrazone groups is 1. The summed E-state index contributed by atoms with van der Waals surface area (Å²) in [6.45, 7) is 1.36. The van der Waals surface area contributed by atoms with Gasteiger partial charge < -0.3 is 26.4 Å². The molecule has 5 rings (SSSR count). The number of amidine groups is 1. The van der Waals surface area contributed by atoms with E-state index in [-0.39, 0.29) is 59.1 Å². The molecule has 1 aliphatic heterocycles. The minimum Gasteiger partial charge on any atom is -0.382 e. The number of likely N-dealkylation sites (tertiary alicyclic amines) is 1. The molecule has 2 fully saturated rings. The first-order valence-corrected chi connectivity index (χ1v) is 12.3. The molecule has 3 atom stereocenters. The van der Waals surface area contributed by atoms with E-state index in [1.165, 1.54) is 13.0 Å². The molecule has 1 saturated carbocycles. The molecule has 2 heterocycles. The molecule has 2 amide bonds. The lowest BCUT2D eigenvalue weighted by atomic mass is 10.1. The van der Waals surface area contributed by atoms with Gasteiger partial charge in [0.1, 0.15) is 24.2 Å². The molecule has 2 aromatic carbocycles. The molecule has 0 radical (unpaired) electrons. The fourth-order valence-electron chi connectivity index (χ4n) is 5.20. The van der Waals surface area contributed by atoms with Crippen molar-refractivity contribution in [1.29, 1.82) is 0 Å². The van der Waals surface area contributed by atoms with Crippen LogP contribution < -0.4 is 16.9 Å². The van der Waals surface area contributed by atoms with E-state index < -0.39 is 11.9 Å². The molecule has 3 unspecified atom stereocenters. The number of rotatable bonds is 7. The third-order valence-corrected chi connectivity index (χ3v) is 7.47. The van der Waals surface area contributed by atoms with Crippen molar-refractivity contribution in [3.63, 3.8) is 0 Å². The van der Waals surface area contributed by atoms with Crippen LogP contribution in [-0.4, -0.2) is 45.0 Å². The summed E-state index contributed by atoms with van der Waals surface area (Å²) in [5.41, 5.74) is 7.80. The van der Waals surface area contributed by atoms with E-state index >= 15 is 0 Å². The van der Waals surface area contributed by atoms with Crippen LogP contribution >= 0.6 is 11.6 Å². The standard InChI is InChI=1S/C26H26ClFN6O3/c1-13(35)18-11-33(21-7-14(25(29)32-30)5-6-17(18)21)12-23(36)34-20-8-16(20)9-22(34)26(37)31-10-15-3-2-4-19(27)24(15)28/h2-7,11,16,20,22H,8-10,12,30H2,1H3,(H2,29,32)(H,31,37). The summed E-state index contributed by atoms with van der Waals surface area (Å²) in [6.07, 6.45) is 3.04. The minimum absolute atomic E-state index is 0.00385. The number of halogens is 2. The first-order chi connectivity index (χ1) is 17.7. The van der Waals surface area contributed by atoms with Gasteiger partial charge >= 0.3 is 0 Å². The Bertz CT molecular complexity index is 1470. The van der Waals surface area contributed by atoms with E-state index in [9.17, 15) is 18.8 Å². The van der Waals surface area contributed by atoms with Crippen molar-refractivity contribution >= 4 is 45.9 Å². The normalized spacial score (nSPS) is 20.7. The fourth-order valence-corrected chi connectivity index (χ4v) is 5.39. The van der Waals surface area contributed by atoms with Crippen molar-refractivity contribution in [3.05, 3.63) is 70.1 Å². The number of fused-ring (bicyclic) bond motifs is 2. The Morgan fingerprint density at radius 1 is 1.22 bits per heavy atom. The van der Waals surface area contributed by atoms with Gasteiger partial charge in [0.2, 0.25) is 11.8 Å². The Kier molecular flexibility index (Phi) is 6.36. The number of hydrogen-bond acceptors (Lipinski definition) is 5. The van der Waals surface area contributed by atoms with Gasteiger partial charge in [-0.1, -0.05) is 35.9 Å². The molecular formula is C26H26ClFN6O3. The molecule has 9 nitrogen and oxygen atoms in total. The first-order valence-electron chi connectivity index (χ1n) is 11.9. The number of aromatic nitrogens is 1. The first kappa shape index (κ1) is 24.8. The highest BCUT2D eigenvalue weighted by atomic mass is 35.5. The Morgan fingerprint density at radius 3 is 2.73 bits per heavy atom. The van der Waals surface area contributed by atoms with Crippen LogP contribution in [0.2, 0.25) is 5.02 Å². The van der Waals surface area contributed by atoms with E-state index in [4.69, 9.17) is 23.2 Å². The Morgan fingerprint density at radius 2 is 2.00 bits per heavy atom. The van der Waals surface area contributed by atoms with Crippen LogP contribution in [0.1, 0.15) is 41.3 Å². The second-order valence-electron chi connectivity index (χ2n) is 9.52. The number of nitrogens with one attached hydrogen (secondary N) is 1. The summed E-state index contributed by atoms with van der Waals surface area (Å²) in [6, 6.07) is 9.14. The quantitative estimate of drug-likeness (QED) is 0.143. The third-order valence-electron chi connectivity index (χ3n) is 7.18. The summed E-state index contributed by atoms with van der Waals surface area (Å²) in [5, 5.41) is 6.94. The van der Waals surface area contributed by atoms with E-state index in [0.29, 0.717) is 28.5 Å². The SMILES string of the molecule is CC(=O)c1cn(CC(=O)N2C(C(=O)NCc3cccc(Cl)c3F)CC3CC32)c2cc(C(N)=NN)ccc12. The van der Waals surface area contributed by atoms with Gasteiger partial charge in [0, 0.05) is 46.4 Å². The maximum absolute atomic E-state index is 14.2. The number of carbonyl (C=O) groups excluding carboxylic acids is 3. The number of amides is 2. The summed E-state index contributed by atoms with van der Waals surface area (Å²) in [7, 11) is 0. The molecule has 1 aliphatic carbocycles. The lowest BCUT2D eigenvalue weighted by Gasteiger charge is -2.27. The number of nitrogens with two attached hydrogens (primary N) is 2. The van der Waals surface area contributed by atoms with E-state index in [1.54, 1.807) is 46.0 Å². The summed E-state index contributed by atoms with van der Waals surface area (Å²) in [4.78, 5) is 40.5. The van der Waals surface area contributed by atoms with Crippen LogP contribution in [0.5, 0.6) is 0 Å². The second-order valence-corrected chi connectivity index (χ2v) is 9.93. The molecule has 192 valence electrons. The van der Waals surface area contributed by atoms with Crippen LogP contribution in [0.25, 0.3) is 10.9 Å². The molecule has 0 spiro atoms. The lowest BCUT2D eigenvalue weighted by molar-refractivity contribution is -0.140. The molecule has 1 saturated heterocycles. The van der Waals surface area contributed by atoms with Gasteiger partial charge in [-0.25, -0.2) is 4.39 Å². The monoisotopic (exact) mass is 524 g/mol. The third kappa shape index (κ3) is 4.53. The number of Topliss-reactive ketones (excluding diaryl/α,β-unsaturated/α-hetero) is 1. The molecule has 1 aromatic heterocycles. The Labute approximate surface area is 217 Å². The highest BCUT2D eigenvalue weighted by molar-refractivity contribution is 6.30. The van der Waals surface area contributed by atoms with Gasteiger partial charge in [0.05, 0.1) is 5.02 Å². The van der Waals surface area contributed by atoms with E-state index in [1.807, 2.05) is 0 Å². The van der Waals surface area contributed by atoms with Crippen molar-refractivity contribution in [2.24, 2.45) is 22.6 Å². The van der Waals surface area contributed by atoms with E-state index in [2.05, 4.69) is 10.4 Å². The fraction of sp³-hybridized carbons (Fsp3) is 0.308. The lowest BCUT2D eigenvalue weighted by Crippen LogP contribution is -2.48. The summed E-state index contributed by atoms with van der Waals surface area (Å²) < 4.78 is 15.9. The van der Waals surface area contributed by atoms with Crippen LogP contribution in [-0.2, 0) is 22.7 Å². The number of benzene rings is 2. The maximum atomic E-state index is 14.2. The largest absolute Gasteiger partial charge is 0.382 e. The van der Waals surface area contributed by atoms with Gasteiger partial charge in [0.15, 0.2) is 5.78 Å². The summed E-state index contributed by atoms with van der Waals surface area (Å²) >= 11 is 5.84. The van der Waals surface area contributed by atoms with E-state index in [0.717, 1.165) is 6.42 Å². The topological polar surface area (TPSA) is 136 Å². The van der Waals surface area contributed by atoms with Crippen molar-refractivity contribution in [3.8, 4) is 0 Å². The second kappa shape index (κ2) is 9.51. The van der Waals surface area contributed by atoms with Gasteiger partial charge in [-0.3, -0.25) is 14.4 Å². The molecule has 0 bridgehead atoms. The number of hydrogen-bond donors (Lipinski definition) is 3. The number of ketones is 1. The maximum Gasteiger partial charge on any atom is 0.243 e. The van der Waals surface area contributed by atoms with Crippen molar-refractivity contribution in [1.82, 2.24) is 14.8 Å². The van der Waals surface area contributed by atoms with Crippen molar-refractivity contribution in [2.45, 2.75) is 44.9 Å². The molecule has 37 heavy (non-hydrogen) atoms. The molecular weight excluding hydrogens is 499 g/mol. The van der Waals surface area contributed by atoms with Crippen LogP contribution in [0.3, 0.4) is 0 Å². The molecule has 5 N–H and O–H groups in total. The van der Waals surface area contributed by atoms with Crippen LogP contribution in [0.4, 0.5) is 4.39 Å². The van der Waals surface area contributed by atoms with Gasteiger partial charge in [-0.2, -0.15) is 5.10 Å². The Hall–Kier alpha value is -3.92. The minimum atomic E-state index is -0.650. The van der Waals surface area contributed by atoms with Crippen molar-refractivity contribution < 1.29 is 18.8 Å². The van der Waals surface area contributed by atoms with Crippen LogP contribution in [0, 0.1) is 11.7 Å². The molecule has 11 heteroatoms.